The van der Waals surface area contributed by atoms with E-state index in [0.717, 1.165) is 11.3 Å². The van der Waals surface area contributed by atoms with Gasteiger partial charge in [-0.25, -0.2) is 4.79 Å². The number of carbonyl (C=O) groups excluding carboxylic acids is 1. The van der Waals surface area contributed by atoms with E-state index in [0.29, 0.717) is 32.5 Å². The molecule has 4 nitrogen and oxygen atoms in total. The number of piperidine rings is 1. The summed E-state index contributed by atoms with van der Waals surface area (Å²) in [5.41, 5.74) is 0.955. The van der Waals surface area contributed by atoms with Crippen molar-refractivity contribution in [1.82, 2.24) is 4.90 Å². The summed E-state index contributed by atoms with van der Waals surface area (Å²) in [7, 11) is 0. The Balaban J connectivity index is 1.79. The van der Waals surface area contributed by atoms with Crippen molar-refractivity contribution in [2.75, 3.05) is 31.1 Å². The van der Waals surface area contributed by atoms with Crippen molar-refractivity contribution >= 4 is 11.8 Å². The molecule has 26 heavy (non-hydrogen) atoms. The Hall–Kier alpha value is -1.76. The van der Waals surface area contributed by atoms with Crippen LogP contribution >= 0.6 is 0 Å². The Kier molecular flexibility index (Phi) is 4.71. The lowest BCUT2D eigenvalue weighted by molar-refractivity contribution is -0.149. The van der Waals surface area contributed by atoms with Gasteiger partial charge in [0, 0.05) is 12.0 Å². The van der Waals surface area contributed by atoms with Gasteiger partial charge in [0.05, 0.1) is 12.2 Å². The summed E-state index contributed by atoms with van der Waals surface area (Å²) in [6, 6.07) is 7.66. The number of nitrogens with zero attached hydrogens (tertiary/aromatic N) is 2. The lowest BCUT2D eigenvalue weighted by Crippen LogP contribution is -2.48. The van der Waals surface area contributed by atoms with Gasteiger partial charge in [-0.15, -0.1) is 0 Å². The molecule has 2 heterocycles. The predicted molar refractivity (Wildman–Crippen MR) is 93.4 cm³/mol. The summed E-state index contributed by atoms with van der Waals surface area (Å²) >= 11 is 0. The molecule has 1 fully saturated rings. The van der Waals surface area contributed by atoms with Crippen LogP contribution in [0.5, 0.6) is 0 Å². The normalized spacial score (nSPS) is 20.3. The standard InChI is InChI=1S/C19H25F3N2O2/c1-17(2,3)26-16(25)24-12-18(14-6-4-5-7-15(14)24)8-10-23(11-9-18)13-19(20,21)22/h4-7H,8-13H2,1-3H3. The van der Waals surface area contributed by atoms with E-state index in [1.165, 1.54) is 4.90 Å². The van der Waals surface area contributed by atoms with E-state index >= 15 is 0 Å². The van der Waals surface area contributed by atoms with Crippen molar-refractivity contribution in [2.45, 2.75) is 50.8 Å². The number of hydrogen-bond donors (Lipinski definition) is 0. The molecule has 0 radical (unpaired) electrons. The Morgan fingerprint density at radius 2 is 1.77 bits per heavy atom. The maximum Gasteiger partial charge on any atom is 0.414 e. The third-order valence-corrected chi connectivity index (χ3v) is 5.06. The second kappa shape index (κ2) is 6.44. The Morgan fingerprint density at radius 1 is 1.15 bits per heavy atom. The predicted octanol–water partition coefficient (Wildman–Crippen LogP) is 4.34. The largest absolute Gasteiger partial charge is 0.443 e. The van der Waals surface area contributed by atoms with Crippen LogP contribution in [0.25, 0.3) is 0 Å². The highest BCUT2D eigenvalue weighted by molar-refractivity contribution is 5.91. The first-order valence-corrected chi connectivity index (χ1v) is 8.88. The van der Waals surface area contributed by atoms with Gasteiger partial charge in [-0.3, -0.25) is 9.80 Å². The van der Waals surface area contributed by atoms with E-state index in [-0.39, 0.29) is 5.41 Å². The fourth-order valence-electron chi connectivity index (χ4n) is 3.93. The molecular formula is C19H25F3N2O2. The molecule has 0 bridgehead atoms. The monoisotopic (exact) mass is 370 g/mol. The minimum absolute atomic E-state index is 0.296. The molecule has 0 saturated carbocycles. The van der Waals surface area contributed by atoms with Gasteiger partial charge in [0.1, 0.15) is 5.60 Å². The van der Waals surface area contributed by atoms with Crippen molar-refractivity contribution in [1.29, 1.82) is 0 Å². The molecule has 1 aromatic rings. The molecule has 1 aromatic carbocycles. The van der Waals surface area contributed by atoms with Crippen molar-refractivity contribution in [3.63, 3.8) is 0 Å². The highest BCUT2D eigenvalue weighted by atomic mass is 19.4. The molecule has 2 aliphatic rings. The molecule has 1 saturated heterocycles. The average molecular weight is 370 g/mol. The van der Waals surface area contributed by atoms with E-state index in [2.05, 4.69) is 0 Å². The molecular weight excluding hydrogens is 345 g/mol. The Bertz CT molecular complexity index is 674. The number of alkyl halides is 3. The van der Waals surface area contributed by atoms with Crippen molar-refractivity contribution in [3.8, 4) is 0 Å². The van der Waals surface area contributed by atoms with E-state index < -0.39 is 24.4 Å². The highest BCUT2D eigenvalue weighted by Crippen LogP contribution is 2.47. The molecule has 1 amide bonds. The van der Waals surface area contributed by atoms with Crippen LogP contribution < -0.4 is 4.90 Å². The number of amides is 1. The Morgan fingerprint density at radius 3 is 2.35 bits per heavy atom. The quantitative estimate of drug-likeness (QED) is 0.737. The number of carbonyl (C=O) groups is 1. The van der Waals surface area contributed by atoms with Gasteiger partial charge in [0.25, 0.3) is 0 Å². The molecule has 7 heteroatoms. The fourth-order valence-corrected chi connectivity index (χ4v) is 3.93. The van der Waals surface area contributed by atoms with Crippen LogP contribution in [0, 0.1) is 0 Å². The fraction of sp³-hybridized carbons (Fsp3) is 0.632. The zero-order valence-electron chi connectivity index (χ0n) is 15.4. The summed E-state index contributed by atoms with van der Waals surface area (Å²) in [5.74, 6) is 0. The van der Waals surface area contributed by atoms with Crippen molar-refractivity contribution < 1.29 is 22.7 Å². The number of hydrogen-bond acceptors (Lipinski definition) is 3. The van der Waals surface area contributed by atoms with Crippen LogP contribution in [0.2, 0.25) is 0 Å². The maximum atomic E-state index is 12.7. The van der Waals surface area contributed by atoms with Gasteiger partial charge < -0.3 is 4.74 Å². The number of anilines is 1. The van der Waals surface area contributed by atoms with Gasteiger partial charge in [-0.2, -0.15) is 13.2 Å². The molecule has 0 unspecified atom stereocenters. The van der Waals surface area contributed by atoms with Crippen LogP contribution in [0.15, 0.2) is 24.3 Å². The minimum atomic E-state index is -4.18. The number of halogens is 3. The molecule has 144 valence electrons. The third kappa shape index (κ3) is 3.98. The number of benzene rings is 1. The lowest BCUT2D eigenvalue weighted by atomic mass is 9.74. The smallest absolute Gasteiger partial charge is 0.414 e. The van der Waals surface area contributed by atoms with E-state index in [1.807, 2.05) is 45.0 Å². The summed E-state index contributed by atoms with van der Waals surface area (Å²) < 4.78 is 43.5. The van der Waals surface area contributed by atoms with Crippen molar-refractivity contribution in [3.05, 3.63) is 29.8 Å². The summed E-state index contributed by atoms with van der Waals surface area (Å²) in [5, 5.41) is 0. The topological polar surface area (TPSA) is 32.8 Å². The zero-order chi connectivity index (χ0) is 19.2. The van der Waals surface area contributed by atoms with Gasteiger partial charge in [0.15, 0.2) is 0 Å². The van der Waals surface area contributed by atoms with E-state index in [4.69, 9.17) is 4.74 Å². The van der Waals surface area contributed by atoms with Crippen LogP contribution in [0.1, 0.15) is 39.2 Å². The van der Waals surface area contributed by atoms with Gasteiger partial charge >= 0.3 is 12.3 Å². The molecule has 0 atom stereocenters. The molecule has 1 spiro atoms. The summed E-state index contributed by atoms with van der Waals surface area (Å²) in [6.45, 7) is 5.78. The SMILES string of the molecule is CC(C)(C)OC(=O)N1CC2(CCN(CC(F)(F)F)CC2)c2ccccc21. The molecule has 0 aromatic heterocycles. The minimum Gasteiger partial charge on any atom is -0.443 e. The molecule has 2 aliphatic heterocycles. The first kappa shape index (κ1) is 19.0. The highest BCUT2D eigenvalue weighted by Gasteiger charge is 2.48. The number of para-hydroxylation sites is 1. The van der Waals surface area contributed by atoms with Gasteiger partial charge in [-0.05, 0) is 58.3 Å². The zero-order valence-corrected chi connectivity index (χ0v) is 15.4. The Labute approximate surface area is 151 Å². The molecule has 0 N–H and O–H groups in total. The lowest BCUT2D eigenvalue weighted by Gasteiger charge is -2.40. The average Bonchev–Trinajstić information content (AvgIpc) is 2.82. The maximum absolute atomic E-state index is 12.7. The van der Waals surface area contributed by atoms with Gasteiger partial charge in [0.2, 0.25) is 0 Å². The second-order valence-corrected chi connectivity index (χ2v) is 8.26. The number of rotatable bonds is 1. The number of fused-ring (bicyclic) bond motifs is 2. The van der Waals surface area contributed by atoms with Crippen LogP contribution in [0.4, 0.5) is 23.7 Å². The first-order valence-electron chi connectivity index (χ1n) is 8.88. The summed E-state index contributed by atoms with van der Waals surface area (Å²) in [6.07, 6.45) is -3.39. The molecule has 3 rings (SSSR count). The van der Waals surface area contributed by atoms with E-state index in [1.54, 1.807) is 4.90 Å². The third-order valence-electron chi connectivity index (χ3n) is 5.06. The number of ether oxygens (including phenoxy) is 1. The van der Waals surface area contributed by atoms with Crippen LogP contribution in [0.3, 0.4) is 0 Å². The summed E-state index contributed by atoms with van der Waals surface area (Å²) in [4.78, 5) is 15.7. The van der Waals surface area contributed by atoms with Gasteiger partial charge in [-0.1, -0.05) is 18.2 Å². The van der Waals surface area contributed by atoms with E-state index in [9.17, 15) is 18.0 Å². The van der Waals surface area contributed by atoms with Crippen molar-refractivity contribution in [2.24, 2.45) is 0 Å². The first-order chi connectivity index (χ1) is 12.0. The van der Waals surface area contributed by atoms with Crippen LogP contribution in [-0.2, 0) is 10.2 Å². The number of likely N-dealkylation sites (tertiary alicyclic amines) is 1. The molecule has 0 aliphatic carbocycles. The second-order valence-electron chi connectivity index (χ2n) is 8.26. The van der Waals surface area contributed by atoms with Crippen LogP contribution in [-0.4, -0.2) is 48.9 Å².